The molecular weight excluding hydrogens is 620 g/mol. The van der Waals surface area contributed by atoms with Crippen LogP contribution in [-0.4, -0.2) is 40.4 Å². The SMILES string of the molecule is BrCCc1ccc(Br)cc1.O=C1CCC(=O)N1.O=C1CCC(=O)N1CCc1ccc(Br)cc1. The Morgan fingerprint density at radius 3 is 1.45 bits per heavy atom. The van der Waals surface area contributed by atoms with E-state index in [1.807, 2.05) is 24.3 Å². The van der Waals surface area contributed by atoms with Gasteiger partial charge < -0.3 is 0 Å². The van der Waals surface area contributed by atoms with Crippen LogP contribution in [0.1, 0.15) is 36.8 Å². The lowest BCUT2D eigenvalue weighted by Gasteiger charge is -2.13. The van der Waals surface area contributed by atoms with Crippen molar-refractivity contribution in [1.29, 1.82) is 0 Å². The maximum absolute atomic E-state index is 11.4. The van der Waals surface area contributed by atoms with Gasteiger partial charge in [-0.2, -0.15) is 0 Å². The molecule has 2 aromatic carbocycles. The smallest absolute Gasteiger partial charge is 0.229 e. The Labute approximate surface area is 218 Å². The number of imide groups is 2. The molecule has 176 valence electrons. The van der Waals surface area contributed by atoms with E-state index in [1.54, 1.807) is 0 Å². The fourth-order valence-corrected chi connectivity index (χ4v) is 4.02. The average molecular weight is 645 g/mol. The summed E-state index contributed by atoms with van der Waals surface area (Å²) in [7, 11) is 0. The van der Waals surface area contributed by atoms with Gasteiger partial charge in [-0.15, -0.1) is 0 Å². The molecule has 0 spiro atoms. The fourth-order valence-electron chi connectivity index (χ4n) is 3.03. The van der Waals surface area contributed by atoms with Crippen LogP contribution in [0.15, 0.2) is 57.5 Å². The van der Waals surface area contributed by atoms with Gasteiger partial charge in [-0.25, -0.2) is 0 Å². The highest BCUT2D eigenvalue weighted by Crippen LogP contribution is 2.15. The van der Waals surface area contributed by atoms with Crippen LogP contribution in [0.25, 0.3) is 0 Å². The molecule has 0 atom stereocenters. The number of likely N-dealkylation sites (tertiary alicyclic amines) is 1. The molecule has 4 amide bonds. The Morgan fingerprint density at radius 2 is 1.09 bits per heavy atom. The number of benzene rings is 2. The van der Waals surface area contributed by atoms with Crippen LogP contribution in [-0.2, 0) is 32.0 Å². The number of nitrogens with zero attached hydrogens (tertiary/aromatic N) is 1. The largest absolute Gasteiger partial charge is 0.296 e. The Kier molecular flexibility index (Phi) is 12.0. The molecule has 33 heavy (non-hydrogen) atoms. The predicted molar refractivity (Wildman–Crippen MR) is 138 cm³/mol. The molecule has 2 heterocycles. The standard InChI is InChI=1S/C12H12BrNO2.C8H8Br2.C4H5NO2/c13-10-3-1-9(2-4-10)7-8-14-11(15)5-6-12(14)16;9-6-5-7-1-3-8(10)4-2-7;6-3-1-2-4(7)5-3/h1-4H,5-8H2;1-4H,5-6H2;1-2H2,(H,5,6,7). The maximum Gasteiger partial charge on any atom is 0.229 e. The van der Waals surface area contributed by atoms with E-state index in [0.717, 1.165) is 32.7 Å². The van der Waals surface area contributed by atoms with Crippen molar-refractivity contribution in [3.05, 3.63) is 68.6 Å². The molecule has 0 bridgehead atoms. The number of alkyl halides is 1. The fraction of sp³-hybridized carbons (Fsp3) is 0.333. The molecule has 6 nitrogen and oxygen atoms in total. The van der Waals surface area contributed by atoms with E-state index in [4.69, 9.17) is 0 Å². The van der Waals surface area contributed by atoms with Crippen molar-refractivity contribution < 1.29 is 19.2 Å². The number of halogens is 3. The van der Waals surface area contributed by atoms with Crippen molar-refractivity contribution in [3.63, 3.8) is 0 Å². The molecule has 0 radical (unpaired) electrons. The first-order valence-electron chi connectivity index (χ1n) is 10.5. The molecule has 2 fully saturated rings. The Bertz CT molecular complexity index is 933. The van der Waals surface area contributed by atoms with Crippen LogP contribution >= 0.6 is 47.8 Å². The molecule has 0 aromatic heterocycles. The first kappa shape index (κ1) is 27.4. The number of hydrogen-bond donors (Lipinski definition) is 1. The van der Waals surface area contributed by atoms with Gasteiger partial charge in [0.2, 0.25) is 23.6 Å². The number of carbonyl (C=O) groups is 4. The zero-order valence-corrected chi connectivity index (χ0v) is 22.7. The molecule has 0 aliphatic carbocycles. The van der Waals surface area contributed by atoms with Gasteiger partial charge in [0.1, 0.15) is 0 Å². The second kappa shape index (κ2) is 14.4. The van der Waals surface area contributed by atoms with Crippen LogP contribution in [0.3, 0.4) is 0 Å². The third-order valence-corrected chi connectivity index (χ3v) is 6.30. The van der Waals surface area contributed by atoms with Crippen molar-refractivity contribution in [3.8, 4) is 0 Å². The third-order valence-electron chi connectivity index (χ3n) is 4.85. The Morgan fingerprint density at radius 1 is 0.667 bits per heavy atom. The quantitative estimate of drug-likeness (QED) is 0.369. The van der Waals surface area contributed by atoms with Crippen LogP contribution in [0.2, 0.25) is 0 Å². The van der Waals surface area contributed by atoms with Crippen molar-refractivity contribution in [2.45, 2.75) is 38.5 Å². The van der Waals surface area contributed by atoms with Gasteiger partial charge in [-0.3, -0.25) is 29.4 Å². The minimum atomic E-state index is -0.148. The van der Waals surface area contributed by atoms with E-state index < -0.39 is 0 Å². The maximum atomic E-state index is 11.4. The number of aryl methyl sites for hydroxylation is 1. The lowest BCUT2D eigenvalue weighted by atomic mass is 10.1. The summed E-state index contributed by atoms with van der Waals surface area (Å²) in [6, 6.07) is 16.3. The molecule has 2 saturated heterocycles. The van der Waals surface area contributed by atoms with Crippen LogP contribution in [0.5, 0.6) is 0 Å². The second-order valence-electron chi connectivity index (χ2n) is 7.35. The summed E-state index contributed by atoms with van der Waals surface area (Å²) in [5.74, 6) is -0.376. The summed E-state index contributed by atoms with van der Waals surface area (Å²) in [5, 5.41) is 3.18. The average Bonchev–Trinajstić information content (AvgIpc) is 3.33. The molecule has 4 rings (SSSR count). The molecule has 2 aromatic rings. The van der Waals surface area contributed by atoms with Crippen LogP contribution in [0, 0.1) is 0 Å². The van der Waals surface area contributed by atoms with Crippen molar-refractivity contribution >= 4 is 71.4 Å². The van der Waals surface area contributed by atoms with Gasteiger partial charge in [0.05, 0.1) is 0 Å². The lowest BCUT2D eigenvalue weighted by molar-refractivity contribution is -0.138. The normalized spacial score (nSPS) is 14.9. The van der Waals surface area contributed by atoms with E-state index >= 15 is 0 Å². The van der Waals surface area contributed by atoms with Gasteiger partial charge in [-0.1, -0.05) is 72.1 Å². The molecular formula is C24H25Br3N2O4. The minimum absolute atomic E-state index is 0.0397. The van der Waals surface area contributed by atoms with Gasteiger partial charge >= 0.3 is 0 Å². The highest BCUT2D eigenvalue weighted by molar-refractivity contribution is 9.10. The monoisotopic (exact) mass is 642 g/mol. The Balaban J connectivity index is 0.000000193. The van der Waals surface area contributed by atoms with Crippen molar-refractivity contribution in [2.24, 2.45) is 0 Å². The third kappa shape index (κ3) is 10.3. The zero-order chi connectivity index (χ0) is 24.2. The molecule has 2 aliphatic heterocycles. The number of amides is 4. The molecule has 2 aliphatic rings. The number of rotatable bonds is 5. The summed E-state index contributed by atoms with van der Waals surface area (Å²) in [4.78, 5) is 44.3. The van der Waals surface area contributed by atoms with E-state index in [2.05, 4.69) is 77.4 Å². The molecule has 9 heteroatoms. The van der Waals surface area contributed by atoms with E-state index in [1.165, 1.54) is 10.5 Å². The van der Waals surface area contributed by atoms with E-state index in [9.17, 15) is 19.2 Å². The number of carbonyl (C=O) groups excluding carboxylic acids is 4. The van der Waals surface area contributed by atoms with Crippen LogP contribution in [0.4, 0.5) is 0 Å². The van der Waals surface area contributed by atoms with Crippen LogP contribution < -0.4 is 5.32 Å². The minimum Gasteiger partial charge on any atom is -0.296 e. The van der Waals surface area contributed by atoms with Gasteiger partial charge in [-0.05, 0) is 48.2 Å². The number of nitrogens with one attached hydrogen (secondary N) is 1. The summed E-state index contributed by atoms with van der Waals surface area (Å²) in [6.45, 7) is 0.499. The predicted octanol–water partition coefficient (Wildman–Crippen LogP) is 4.95. The van der Waals surface area contributed by atoms with Gasteiger partial charge in [0.25, 0.3) is 0 Å². The summed E-state index contributed by atoms with van der Waals surface area (Å²) >= 11 is 10.1. The molecule has 1 N–H and O–H groups in total. The Hall–Kier alpha value is -1.84. The molecule has 0 unspecified atom stereocenters. The topological polar surface area (TPSA) is 83.5 Å². The highest BCUT2D eigenvalue weighted by atomic mass is 79.9. The van der Waals surface area contributed by atoms with Gasteiger partial charge in [0, 0.05) is 46.5 Å². The lowest BCUT2D eigenvalue weighted by Crippen LogP contribution is -2.31. The van der Waals surface area contributed by atoms with E-state index in [0.29, 0.717) is 32.2 Å². The van der Waals surface area contributed by atoms with Gasteiger partial charge in [0.15, 0.2) is 0 Å². The second-order valence-corrected chi connectivity index (χ2v) is 9.98. The van der Waals surface area contributed by atoms with Crippen molar-refractivity contribution in [2.75, 3.05) is 11.9 Å². The van der Waals surface area contributed by atoms with Crippen molar-refractivity contribution in [1.82, 2.24) is 10.2 Å². The summed E-state index contributed by atoms with van der Waals surface area (Å²) in [6.07, 6.45) is 3.33. The highest BCUT2D eigenvalue weighted by Gasteiger charge is 2.28. The van der Waals surface area contributed by atoms with E-state index in [-0.39, 0.29) is 23.6 Å². The first-order chi connectivity index (χ1) is 15.8. The first-order valence-corrected chi connectivity index (χ1v) is 13.2. The molecule has 0 saturated carbocycles. The zero-order valence-electron chi connectivity index (χ0n) is 18.0. The summed E-state index contributed by atoms with van der Waals surface area (Å²) < 4.78 is 2.18. The number of hydrogen-bond acceptors (Lipinski definition) is 4. The summed E-state index contributed by atoms with van der Waals surface area (Å²) in [5.41, 5.74) is 2.51.